The number of nitro benzene ring substituents is 1. The number of oxime groups is 1. The molecule has 0 N–H and O–H groups in total. The average molecular weight is 274 g/mol. The summed E-state index contributed by atoms with van der Waals surface area (Å²) in [7, 11) is 0. The van der Waals surface area contributed by atoms with Crippen molar-refractivity contribution in [3.05, 3.63) is 51.7 Å². The molecule has 0 bridgehead atoms. The SMILES string of the molecule is Cc1noc([C@H]2CC(c3ccccc3[N+](=O)[O-])=NO2)n1. The molecule has 102 valence electrons. The molecule has 1 atom stereocenters. The van der Waals surface area contributed by atoms with E-state index in [1.165, 1.54) is 6.07 Å². The average Bonchev–Trinajstić information content (AvgIpc) is 3.07. The van der Waals surface area contributed by atoms with E-state index < -0.39 is 11.0 Å². The second-order valence-electron chi connectivity index (χ2n) is 4.29. The maximum atomic E-state index is 11.0. The normalized spacial score (nSPS) is 17.6. The second kappa shape index (κ2) is 4.72. The Hall–Kier alpha value is -2.77. The first kappa shape index (κ1) is 12.3. The van der Waals surface area contributed by atoms with Crippen LogP contribution in [0.5, 0.6) is 0 Å². The van der Waals surface area contributed by atoms with E-state index in [1.54, 1.807) is 25.1 Å². The molecule has 2 heterocycles. The number of rotatable bonds is 3. The lowest BCUT2D eigenvalue weighted by atomic mass is 10.0. The highest BCUT2D eigenvalue weighted by Gasteiger charge is 2.31. The summed E-state index contributed by atoms with van der Waals surface area (Å²) in [4.78, 5) is 19.9. The van der Waals surface area contributed by atoms with Crippen molar-refractivity contribution < 1.29 is 14.3 Å². The number of aryl methyl sites for hydroxylation is 1. The summed E-state index contributed by atoms with van der Waals surface area (Å²) in [6.07, 6.45) is -0.141. The summed E-state index contributed by atoms with van der Waals surface area (Å²) in [5.74, 6) is 0.822. The largest absolute Gasteiger partial charge is 0.382 e. The molecule has 1 aliphatic rings. The van der Waals surface area contributed by atoms with Crippen LogP contribution in [0, 0.1) is 17.0 Å². The van der Waals surface area contributed by atoms with E-state index in [0.717, 1.165) is 0 Å². The van der Waals surface area contributed by atoms with Crippen molar-refractivity contribution in [2.45, 2.75) is 19.4 Å². The van der Waals surface area contributed by atoms with Crippen molar-refractivity contribution in [3.63, 3.8) is 0 Å². The third kappa shape index (κ3) is 2.11. The van der Waals surface area contributed by atoms with Crippen LogP contribution in [0.2, 0.25) is 0 Å². The predicted molar refractivity (Wildman–Crippen MR) is 67.1 cm³/mol. The Morgan fingerprint density at radius 2 is 2.20 bits per heavy atom. The number of hydrogen-bond acceptors (Lipinski definition) is 7. The molecular weight excluding hydrogens is 264 g/mol. The van der Waals surface area contributed by atoms with Gasteiger partial charge in [-0.2, -0.15) is 4.98 Å². The van der Waals surface area contributed by atoms with E-state index >= 15 is 0 Å². The summed E-state index contributed by atoms with van der Waals surface area (Å²) in [6.45, 7) is 1.70. The molecule has 0 aliphatic carbocycles. The highest BCUT2D eigenvalue weighted by molar-refractivity contribution is 6.04. The monoisotopic (exact) mass is 274 g/mol. The molecule has 0 spiro atoms. The van der Waals surface area contributed by atoms with Crippen LogP contribution in [0.1, 0.15) is 29.8 Å². The lowest BCUT2D eigenvalue weighted by Gasteiger charge is -2.01. The van der Waals surface area contributed by atoms with Gasteiger partial charge in [-0.1, -0.05) is 22.4 Å². The van der Waals surface area contributed by atoms with E-state index in [-0.39, 0.29) is 5.69 Å². The molecule has 8 nitrogen and oxygen atoms in total. The number of nitro groups is 1. The molecule has 0 radical (unpaired) electrons. The maximum Gasteiger partial charge on any atom is 0.278 e. The standard InChI is InChI=1S/C12H10N4O4/c1-7-13-12(20-14-7)11-6-9(15-19-11)8-4-2-3-5-10(8)16(17)18/h2-5,11H,6H2,1H3/t11-/m1/s1. The van der Waals surface area contributed by atoms with Crippen molar-refractivity contribution in [1.29, 1.82) is 0 Å². The lowest BCUT2D eigenvalue weighted by Crippen LogP contribution is -2.05. The first-order valence-corrected chi connectivity index (χ1v) is 5.92. The van der Waals surface area contributed by atoms with Gasteiger partial charge in [0.05, 0.1) is 16.2 Å². The molecule has 1 aliphatic heterocycles. The van der Waals surface area contributed by atoms with Crippen LogP contribution in [-0.4, -0.2) is 20.8 Å². The van der Waals surface area contributed by atoms with Gasteiger partial charge in [0.1, 0.15) is 0 Å². The summed E-state index contributed by atoms with van der Waals surface area (Å²) < 4.78 is 5.02. The minimum atomic E-state index is -0.494. The molecule has 20 heavy (non-hydrogen) atoms. The van der Waals surface area contributed by atoms with Gasteiger partial charge in [0.15, 0.2) is 5.82 Å². The van der Waals surface area contributed by atoms with Crippen LogP contribution in [0.25, 0.3) is 0 Å². The zero-order valence-corrected chi connectivity index (χ0v) is 10.5. The third-order valence-corrected chi connectivity index (χ3v) is 2.90. The molecule has 0 fully saturated rings. The van der Waals surface area contributed by atoms with E-state index in [0.29, 0.717) is 29.4 Å². The highest BCUT2D eigenvalue weighted by atomic mass is 16.7. The van der Waals surface area contributed by atoms with E-state index in [9.17, 15) is 10.1 Å². The van der Waals surface area contributed by atoms with Gasteiger partial charge in [-0.25, -0.2) is 0 Å². The lowest BCUT2D eigenvalue weighted by molar-refractivity contribution is -0.385. The molecule has 1 aromatic carbocycles. The molecule has 0 saturated heterocycles. The Kier molecular flexibility index (Phi) is 2.90. The maximum absolute atomic E-state index is 11.0. The summed E-state index contributed by atoms with van der Waals surface area (Å²) in [5.41, 5.74) is 0.937. The highest BCUT2D eigenvalue weighted by Crippen LogP contribution is 2.31. The number of aromatic nitrogens is 2. The Balaban J connectivity index is 1.86. The van der Waals surface area contributed by atoms with E-state index in [4.69, 9.17) is 9.36 Å². The van der Waals surface area contributed by atoms with Crippen molar-refractivity contribution in [2.24, 2.45) is 5.16 Å². The number of hydrogen-bond donors (Lipinski definition) is 0. The van der Waals surface area contributed by atoms with Gasteiger partial charge in [0.25, 0.3) is 11.6 Å². The molecule has 2 aromatic rings. The first-order valence-electron chi connectivity index (χ1n) is 5.92. The second-order valence-corrected chi connectivity index (χ2v) is 4.29. The van der Waals surface area contributed by atoms with Gasteiger partial charge in [0.2, 0.25) is 6.10 Å². The fraction of sp³-hybridized carbons (Fsp3) is 0.250. The quantitative estimate of drug-likeness (QED) is 0.627. The van der Waals surface area contributed by atoms with E-state index in [2.05, 4.69) is 15.3 Å². The summed E-state index contributed by atoms with van der Waals surface area (Å²) in [6, 6.07) is 6.40. The van der Waals surface area contributed by atoms with Crippen LogP contribution in [-0.2, 0) is 4.84 Å². The van der Waals surface area contributed by atoms with Gasteiger partial charge in [-0.05, 0) is 13.0 Å². The number of para-hydroxylation sites is 1. The molecule has 0 amide bonds. The number of nitrogens with zero attached hydrogens (tertiary/aromatic N) is 4. The fourth-order valence-corrected chi connectivity index (χ4v) is 1.99. The topological polar surface area (TPSA) is 104 Å². The minimum Gasteiger partial charge on any atom is -0.382 e. The minimum absolute atomic E-state index is 0.00258. The first-order chi connectivity index (χ1) is 9.65. The third-order valence-electron chi connectivity index (χ3n) is 2.90. The molecular formula is C12H10N4O4. The molecule has 0 unspecified atom stereocenters. The summed E-state index contributed by atoms with van der Waals surface area (Å²) >= 11 is 0. The van der Waals surface area contributed by atoms with Crippen LogP contribution in [0.15, 0.2) is 33.9 Å². The van der Waals surface area contributed by atoms with Crippen molar-refractivity contribution in [1.82, 2.24) is 10.1 Å². The zero-order valence-electron chi connectivity index (χ0n) is 10.5. The summed E-state index contributed by atoms with van der Waals surface area (Å²) in [5, 5.41) is 18.6. The van der Waals surface area contributed by atoms with Crippen LogP contribution < -0.4 is 0 Å². The molecule has 8 heteroatoms. The van der Waals surface area contributed by atoms with Gasteiger partial charge in [-0.15, -0.1) is 0 Å². The Morgan fingerprint density at radius 1 is 1.40 bits per heavy atom. The van der Waals surface area contributed by atoms with Gasteiger partial charge in [0, 0.05) is 12.5 Å². The van der Waals surface area contributed by atoms with Gasteiger partial charge >= 0.3 is 0 Å². The van der Waals surface area contributed by atoms with Crippen LogP contribution >= 0.6 is 0 Å². The van der Waals surface area contributed by atoms with Crippen LogP contribution in [0.3, 0.4) is 0 Å². The van der Waals surface area contributed by atoms with E-state index in [1.807, 2.05) is 0 Å². The molecule has 3 rings (SSSR count). The predicted octanol–water partition coefficient (Wildman–Crippen LogP) is 2.15. The smallest absolute Gasteiger partial charge is 0.278 e. The van der Waals surface area contributed by atoms with Crippen molar-refractivity contribution in [2.75, 3.05) is 0 Å². The Morgan fingerprint density at radius 3 is 2.90 bits per heavy atom. The van der Waals surface area contributed by atoms with Gasteiger partial charge in [-0.3, -0.25) is 10.1 Å². The number of benzene rings is 1. The Labute approximate surface area is 113 Å². The van der Waals surface area contributed by atoms with Crippen molar-refractivity contribution >= 4 is 11.4 Å². The zero-order chi connectivity index (χ0) is 14.1. The molecule has 1 aromatic heterocycles. The van der Waals surface area contributed by atoms with Gasteiger partial charge < -0.3 is 9.36 Å². The van der Waals surface area contributed by atoms with Crippen molar-refractivity contribution in [3.8, 4) is 0 Å². The Bertz CT molecular complexity index is 694. The molecule has 0 saturated carbocycles. The fourth-order valence-electron chi connectivity index (χ4n) is 1.99. The van der Waals surface area contributed by atoms with Crippen LogP contribution in [0.4, 0.5) is 5.69 Å².